The van der Waals surface area contributed by atoms with Crippen molar-refractivity contribution in [2.75, 3.05) is 5.43 Å². The van der Waals surface area contributed by atoms with Crippen LogP contribution in [0.5, 0.6) is 0 Å². The second kappa shape index (κ2) is 5.78. The Bertz CT molecular complexity index is 686. The second-order valence-electron chi connectivity index (χ2n) is 4.94. The molecular weight excluding hydrogens is 331 g/mol. The molecule has 1 aromatic rings. The van der Waals surface area contributed by atoms with E-state index in [4.69, 9.17) is 5.73 Å². The van der Waals surface area contributed by atoms with Gasteiger partial charge in [-0.15, -0.1) is 0 Å². The highest BCUT2D eigenvalue weighted by atomic mass is 32.1. The van der Waals surface area contributed by atoms with Gasteiger partial charge in [0.05, 0.1) is 11.4 Å². The SMILES string of the molecule is CC1=NN(C(N)=S)C(O)(C(F)(F)F)/C1=N\Nc1ccc(C)cc1. The monoisotopic (exact) mass is 345 g/mol. The molecule has 0 aliphatic carbocycles. The Balaban J connectivity index is 2.42. The molecule has 0 aromatic heterocycles. The van der Waals surface area contributed by atoms with Crippen LogP contribution in [0.3, 0.4) is 0 Å². The molecule has 1 aromatic carbocycles. The van der Waals surface area contributed by atoms with Gasteiger partial charge >= 0.3 is 11.9 Å². The van der Waals surface area contributed by atoms with Crippen LogP contribution in [0, 0.1) is 6.92 Å². The molecule has 0 radical (unpaired) electrons. The number of nitrogens with two attached hydrogens (primary N) is 1. The van der Waals surface area contributed by atoms with Crippen LogP contribution in [-0.4, -0.2) is 38.6 Å². The average molecular weight is 345 g/mol. The quantitative estimate of drug-likeness (QED) is 0.563. The Morgan fingerprint density at radius 1 is 1.35 bits per heavy atom. The summed E-state index contributed by atoms with van der Waals surface area (Å²) < 4.78 is 40.1. The van der Waals surface area contributed by atoms with Crippen LogP contribution < -0.4 is 11.2 Å². The third-order valence-electron chi connectivity index (χ3n) is 3.18. The maximum absolute atomic E-state index is 13.4. The van der Waals surface area contributed by atoms with Crippen LogP contribution in [0.4, 0.5) is 18.9 Å². The Labute approximate surface area is 135 Å². The zero-order chi connectivity index (χ0) is 17.4. The molecule has 124 valence electrons. The van der Waals surface area contributed by atoms with Gasteiger partial charge in [-0.1, -0.05) is 17.7 Å². The van der Waals surface area contributed by atoms with Crippen LogP contribution in [0.25, 0.3) is 0 Å². The van der Waals surface area contributed by atoms with Crippen molar-refractivity contribution in [1.29, 1.82) is 0 Å². The Morgan fingerprint density at radius 3 is 2.39 bits per heavy atom. The first-order chi connectivity index (χ1) is 10.6. The number of nitrogens with zero attached hydrogens (tertiary/aromatic N) is 3. The summed E-state index contributed by atoms with van der Waals surface area (Å²) >= 11 is 4.53. The molecule has 1 aliphatic heterocycles. The molecule has 0 fully saturated rings. The first-order valence-corrected chi connectivity index (χ1v) is 6.83. The van der Waals surface area contributed by atoms with E-state index in [1.54, 1.807) is 24.3 Å². The first-order valence-electron chi connectivity index (χ1n) is 6.42. The zero-order valence-electron chi connectivity index (χ0n) is 12.2. The summed E-state index contributed by atoms with van der Waals surface area (Å²) in [5, 5.41) is 16.8. The molecule has 6 nitrogen and oxygen atoms in total. The predicted octanol–water partition coefficient (Wildman–Crippen LogP) is 1.95. The van der Waals surface area contributed by atoms with E-state index in [0.717, 1.165) is 5.56 Å². The highest BCUT2D eigenvalue weighted by Gasteiger charge is 2.66. The maximum Gasteiger partial charge on any atom is 0.445 e. The lowest BCUT2D eigenvalue weighted by molar-refractivity contribution is -0.265. The van der Waals surface area contributed by atoms with Gasteiger partial charge in [0.15, 0.2) is 5.11 Å². The van der Waals surface area contributed by atoms with Gasteiger partial charge in [-0.05, 0) is 38.2 Å². The number of thiocarbonyl (C=S) groups is 1. The summed E-state index contributed by atoms with van der Waals surface area (Å²) in [5.74, 6) is 0. The van der Waals surface area contributed by atoms with Gasteiger partial charge in [-0.3, -0.25) is 5.43 Å². The topological polar surface area (TPSA) is 86.2 Å². The van der Waals surface area contributed by atoms with Crippen LogP contribution in [-0.2, 0) is 0 Å². The lowest BCUT2D eigenvalue weighted by Crippen LogP contribution is -2.62. The number of rotatable bonds is 2. The van der Waals surface area contributed by atoms with Crippen molar-refractivity contribution in [1.82, 2.24) is 5.01 Å². The number of halogens is 3. The van der Waals surface area contributed by atoms with Gasteiger partial charge in [0.1, 0.15) is 5.71 Å². The van der Waals surface area contributed by atoms with Crippen molar-refractivity contribution in [3.63, 3.8) is 0 Å². The third kappa shape index (κ3) is 2.99. The van der Waals surface area contributed by atoms with E-state index < -0.39 is 22.7 Å². The Morgan fingerprint density at radius 2 is 1.91 bits per heavy atom. The standard InChI is InChI=1S/C13H14F3N5OS/c1-7-3-5-9(6-4-7)18-19-10-8(2)20-21(11(17)23)12(10,22)13(14,15)16/h3-6,18,22H,1-2H3,(H2,17,23)/b19-10-. The molecular formula is C13H14F3N5OS. The first kappa shape index (κ1) is 17.2. The molecule has 1 aliphatic rings. The van der Waals surface area contributed by atoms with E-state index in [1.807, 2.05) is 6.92 Å². The lowest BCUT2D eigenvalue weighted by atomic mass is 10.0. The molecule has 0 amide bonds. The number of hydrogen-bond donors (Lipinski definition) is 3. The fraction of sp³-hybridized carbons (Fsp3) is 0.308. The molecule has 0 spiro atoms. The summed E-state index contributed by atoms with van der Waals surface area (Å²) in [6.07, 6.45) is -5.11. The fourth-order valence-corrected chi connectivity index (χ4v) is 2.17. The molecule has 2 rings (SSSR count). The van der Waals surface area contributed by atoms with Crippen LogP contribution in [0.15, 0.2) is 34.5 Å². The normalized spacial score (nSPS) is 23.1. The maximum atomic E-state index is 13.4. The number of hydrazone groups is 2. The summed E-state index contributed by atoms with van der Waals surface area (Å²) in [7, 11) is 0. The van der Waals surface area contributed by atoms with Gasteiger partial charge in [0, 0.05) is 0 Å². The van der Waals surface area contributed by atoms with Crippen molar-refractivity contribution in [3.8, 4) is 0 Å². The number of aryl methyl sites for hydroxylation is 1. The molecule has 23 heavy (non-hydrogen) atoms. The number of nitrogens with one attached hydrogen (secondary N) is 1. The molecule has 4 N–H and O–H groups in total. The number of anilines is 1. The van der Waals surface area contributed by atoms with Gasteiger partial charge < -0.3 is 10.8 Å². The van der Waals surface area contributed by atoms with Crippen molar-refractivity contribution in [2.45, 2.75) is 25.7 Å². The predicted molar refractivity (Wildman–Crippen MR) is 85.0 cm³/mol. The highest BCUT2D eigenvalue weighted by Crippen LogP contribution is 2.38. The largest absolute Gasteiger partial charge is 0.445 e. The minimum absolute atomic E-state index is 0.132. The van der Waals surface area contributed by atoms with Crippen molar-refractivity contribution < 1.29 is 18.3 Å². The highest BCUT2D eigenvalue weighted by molar-refractivity contribution is 7.80. The van der Waals surface area contributed by atoms with Crippen LogP contribution in [0.2, 0.25) is 0 Å². The van der Waals surface area contributed by atoms with Crippen LogP contribution in [0.1, 0.15) is 12.5 Å². The van der Waals surface area contributed by atoms with E-state index in [-0.39, 0.29) is 10.7 Å². The van der Waals surface area contributed by atoms with Crippen molar-refractivity contribution in [2.24, 2.45) is 15.9 Å². The second-order valence-corrected chi connectivity index (χ2v) is 5.36. The third-order valence-corrected chi connectivity index (χ3v) is 3.35. The van der Waals surface area contributed by atoms with Gasteiger partial charge in [-0.2, -0.15) is 28.4 Å². The summed E-state index contributed by atoms with van der Waals surface area (Å²) in [6.45, 7) is 3.14. The fourth-order valence-electron chi connectivity index (χ4n) is 1.99. The molecule has 0 saturated heterocycles. The molecule has 1 heterocycles. The molecule has 0 saturated carbocycles. The van der Waals surface area contributed by atoms with Gasteiger partial charge in [0.25, 0.3) is 0 Å². The number of benzene rings is 1. The van der Waals surface area contributed by atoms with Crippen molar-refractivity contribution >= 4 is 34.4 Å². The number of hydrogen-bond acceptors (Lipinski definition) is 5. The van der Waals surface area contributed by atoms with Crippen LogP contribution >= 0.6 is 12.2 Å². The molecule has 1 atom stereocenters. The summed E-state index contributed by atoms with van der Waals surface area (Å²) in [5.41, 5.74) is 4.74. The lowest BCUT2D eigenvalue weighted by Gasteiger charge is -2.32. The number of alkyl halides is 3. The Kier molecular flexibility index (Phi) is 4.31. The van der Waals surface area contributed by atoms with E-state index >= 15 is 0 Å². The van der Waals surface area contributed by atoms with E-state index in [9.17, 15) is 18.3 Å². The van der Waals surface area contributed by atoms with E-state index in [0.29, 0.717) is 5.69 Å². The van der Waals surface area contributed by atoms with Gasteiger partial charge in [0.2, 0.25) is 0 Å². The zero-order valence-corrected chi connectivity index (χ0v) is 13.0. The molecule has 0 bridgehead atoms. The van der Waals surface area contributed by atoms with E-state index in [2.05, 4.69) is 27.8 Å². The number of aliphatic hydroxyl groups is 1. The summed E-state index contributed by atoms with van der Waals surface area (Å²) in [4.78, 5) is 0. The minimum atomic E-state index is -5.11. The smallest absolute Gasteiger partial charge is 0.375 e. The average Bonchev–Trinajstić information content (AvgIpc) is 2.71. The molecule has 1 unspecified atom stereocenters. The minimum Gasteiger partial charge on any atom is -0.375 e. The van der Waals surface area contributed by atoms with Crippen molar-refractivity contribution in [3.05, 3.63) is 29.8 Å². The van der Waals surface area contributed by atoms with E-state index in [1.165, 1.54) is 6.92 Å². The Hall–Kier alpha value is -2.20. The molecule has 10 heteroatoms. The summed E-state index contributed by atoms with van der Waals surface area (Å²) in [6, 6.07) is 6.79. The van der Waals surface area contributed by atoms with Gasteiger partial charge in [-0.25, -0.2) is 0 Å².